The number of carbonyl (C=O) groups is 1. The maximum Gasteiger partial charge on any atom is 0.235 e. The molecule has 0 spiro atoms. The predicted octanol–water partition coefficient (Wildman–Crippen LogP) is -0.205. The van der Waals surface area contributed by atoms with Gasteiger partial charge in [0.05, 0.1) is 30.0 Å². The molecular weight excluding hydrogens is 566 g/mol. The van der Waals surface area contributed by atoms with Crippen LogP contribution in [-0.2, 0) is 11.3 Å². The number of pyridine rings is 1. The lowest BCUT2D eigenvalue weighted by atomic mass is 10.2. The molecule has 12 nitrogen and oxygen atoms in total. The van der Waals surface area contributed by atoms with Gasteiger partial charge in [0.1, 0.15) is 11.1 Å². The molecule has 236 valence electrons. The molecule has 13 heteroatoms. The predicted molar refractivity (Wildman–Crippen MR) is 174 cm³/mol. The number of nitrogens with zero attached hydrogens (tertiary/aromatic N) is 5. The number of β-amino-alcohol motifs (C(OH)–C–C–N with tert-alkyl or cyclic N) is 1. The maximum absolute atomic E-state index is 13.1. The SMILES string of the molecule is CC(N)NC(=O)CN1CCN(C)CCN(CC(O)NC(C)N)CCN(Cc2ccc3c(=O)c4ccccc4sc3n2)CC1. The van der Waals surface area contributed by atoms with E-state index < -0.39 is 12.4 Å². The van der Waals surface area contributed by atoms with E-state index in [2.05, 4.69) is 37.3 Å². The molecule has 1 amide bonds. The van der Waals surface area contributed by atoms with E-state index in [-0.39, 0.29) is 24.0 Å². The number of hydrogen-bond acceptors (Lipinski definition) is 12. The van der Waals surface area contributed by atoms with Crippen LogP contribution in [0.1, 0.15) is 19.5 Å². The Morgan fingerprint density at radius 1 is 0.930 bits per heavy atom. The van der Waals surface area contributed by atoms with Gasteiger partial charge in [0.15, 0.2) is 5.43 Å². The van der Waals surface area contributed by atoms with Crippen LogP contribution < -0.4 is 27.5 Å². The molecule has 1 aromatic carbocycles. The molecule has 1 saturated heterocycles. The van der Waals surface area contributed by atoms with E-state index in [9.17, 15) is 14.7 Å². The minimum atomic E-state index is -0.731. The van der Waals surface area contributed by atoms with Crippen molar-refractivity contribution in [2.45, 2.75) is 39.0 Å². The fourth-order valence-electron chi connectivity index (χ4n) is 5.28. The summed E-state index contributed by atoms with van der Waals surface area (Å²) in [6.45, 7) is 10.9. The highest BCUT2D eigenvalue weighted by Crippen LogP contribution is 2.23. The third-order valence-corrected chi connectivity index (χ3v) is 8.67. The average molecular weight is 614 g/mol. The molecule has 2 aromatic heterocycles. The first-order valence-corrected chi connectivity index (χ1v) is 15.8. The first-order valence-electron chi connectivity index (χ1n) is 15.0. The van der Waals surface area contributed by atoms with Crippen LogP contribution >= 0.6 is 11.3 Å². The third kappa shape index (κ3) is 10.2. The molecule has 43 heavy (non-hydrogen) atoms. The number of amides is 1. The summed E-state index contributed by atoms with van der Waals surface area (Å²) >= 11 is 1.53. The van der Waals surface area contributed by atoms with Gasteiger partial charge in [-0.2, -0.15) is 0 Å². The van der Waals surface area contributed by atoms with Gasteiger partial charge in [-0.1, -0.05) is 12.1 Å². The van der Waals surface area contributed by atoms with E-state index in [1.807, 2.05) is 43.3 Å². The molecule has 0 bridgehead atoms. The smallest absolute Gasteiger partial charge is 0.235 e. The van der Waals surface area contributed by atoms with Gasteiger partial charge in [0.25, 0.3) is 0 Å². The molecule has 1 aliphatic rings. The Morgan fingerprint density at radius 2 is 1.58 bits per heavy atom. The van der Waals surface area contributed by atoms with Crippen LogP contribution in [0, 0.1) is 0 Å². The highest BCUT2D eigenvalue weighted by molar-refractivity contribution is 7.24. The van der Waals surface area contributed by atoms with E-state index in [0.29, 0.717) is 25.0 Å². The van der Waals surface area contributed by atoms with Gasteiger partial charge in [0, 0.05) is 75.5 Å². The molecule has 3 heterocycles. The fraction of sp³-hybridized carbons (Fsp3) is 0.567. The molecule has 1 aliphatic heterocycles. The molecule has 3 unspecified atom stereocenters. The van der Waals surface area contributed by atoms with Crippen molar-refractivity contribution in [1.82, 2.24) is 35.2 Å². The van der Waals surface area contributed by atoms with Crippen molar-refractivity contribution in [2.75, 3.05) is 72.5 Å². The van der Waals surface area contributed by atoms with E-state index in [1.54, 1.807) is 6.92 Å². The number of fused-ring (bicyclic) bond motifs is 2. The molecule has 1 fully saturated rings. The van der Waals surface area contributed by atoms with E-state index in [0.717, 1.165) is 66.4 Å². The normalized spacial score (nSPS) is 19.5. The minimum absolute atomic E-state index is 0.00926. The Kier molecular flexibility index (Phi) is 12.3. The molecule has 0 saturated carbocycles. The molecule has 0 radical (unpaired) electrons. The van der Waals surface area contributed by atoms with Gasteiger partial charge in [-0.15, -0.1) is 11.3 Å². The van der Waals surface area contributed by atoms with Gasteiger partial charge in [-0.25, -0.2) is 4.98 Å². The number of aliphatic hydroxyl groups is 1. The van der Waals surface area contributed by atoms with Crippen molar-refractivity contribution in [3.63, 3.8) is 0 Å². The largest absolute Gasteiger partial charge is 0.377 e. The molecule has 3 aromatic rings. The summed E-state index contributed by atoms with van der Waals surface area (Å²) in [6.07, 6.45) is -1.44. The summed E-state index contributed by atoms with van der Waals surface area (Å²) in [5.74, 6) is -0.0866. The fourth-order valence-corrected chi connectivity index (χ4v) is 6.34. The van der Waals surface area contributed by atoms with Crippen molar-refractivity contribution >= 4 is 37.5 Å². The second-order valence-electron chi connectivity index (χ2n) is 11.6. The van der Waals surface area contributed by atoms with Crippen LogP contribution in [0.4, 0.5) is 0 Å². The lowest BCUT2D eigenvalue weighted by molar-refractivity contribution is -0.122. The lowest BCUT2D eigenvalue weighted by Gasteiger charge is -2.34. The number of likely N-dealkylation sites (N-methyl/N-ethyl adjacent to an activating group) is 1. The standard InChI is InChI=1S/C30H47N9O3S/c1-21(31)33-27(40)19-38-12-10-36(3)11-13-39(20-28(41)34-22(2)32)17-15-37(14-16-38)18-23-8-9-25-29(42)24-6-4-5-7-26(24)43-30(25)35-23/h4-9,21-22,27,33,40H,10-20,31-32H2,1-3H3,(H,34,41). The van der Waals surface area contributed by atoms with Crippen molar-refractivity contribution in [3.8, 4) is 0 Å². The zero-order chi connectivity index (χ0) is 30.9. The van der Waals surface area contributed by atoms with Gasteiger partial charge in [-0.3, -0.25) is 29.6 Å². The van der Waals surface area contributed by atoms with Gasteiger partial charge in [-0.05, 0) is 45.2 Å². The summed E-state index contributed by atoms with van der Waals surface area (Å²) in [6, 6.07) is 11.5. The quantitative estimate of drug-likeness (QED) is 0.161. The van der Waals surface area contributed by atoms with Gasteiger partial charge in [0.2, 0.25) is 5.91 Å². The van der Waals surface area contributed by atoms with E-state index >= 15 is 0 Å². The average Bonchev–Trinajstić information content (AvgIpc) is 2.94. The Balaban J connectivity index is 1.54. The number of carbonyl (C=O) groups excluding carboxylic acids is 1. The number of hydrogen-bond donors (Lipinski definition) is 5. The molecule has 4 rings (SSSR count). The van der Waals surface area contributed by atoms with Gasteiger partial charge < -0.3 is 26.8 Å². The van der Waals surface area contributed by atoms with E-state index in [1.165, 1.54) is 11.3 Å². The summed E-state index contributed by atoms with van der Waals surface area (Å²) in [7, 11) is 2.08. The van der Waals surface area contributed by atoms with Crippen LogP contribution in [0.15, 0.2) is 41.2 Å². The minimum Gasteiger partial charge on any atom is -0.377 e. The Morgan fingerprint density at radius 3 is 2.30 bits per heavy atom. The van der Waals surface area contributed by atoms with Crippen LogP contribution in [-0.4, -0.2) is 127 Å². The number of rotatable bonds is 9. The van der Waals surface area contributed by atoms with Gasteiger partial charge >= 0.3 is 0 Å². The second kappa shape index (κ2) is 15.9. The summed E-state index contributed by atoms with van der Waals surface area (Å²) in [4.78, 5) is 40.3. The number of nitrogens with two attached hydrogens (primary N) is 2. The third-order valence-electron chi connectivity index (χ3n) is 7.59. The first kappa shape index (κ1) is 33.3. The summed E-state index contributed by atoms with van der Waals surface area (Å²) < 4.78 is 0.927. The van der Waals surface area contributed by atoms with E-state index in [4.69, 9.17) is 16.5 Å². The number of aliphatic hydroxyl groups excluding tert-OH is 1. The molecule has 0 aliphatic carbocycles. The number of nitrogens with one attached hydrogen (secondary N) is 2. The summed E-state index contributed by atoms with van der Waals surface area (Å²) in [5.41, 5.74) is 12.5. The molecular formula is C30H47N9O3S. The van der Waals surface area contributed by atoms with Crippen LogP contribution in [0.5, 0.6) is 0 Å². The Hall–Kier alpha value is -2.59. The monoisotopic (exact) mass is 613 g/mol. The highest BCUT2D eigenvalue weighted by atomic mass is 32.1. The molecule has 3 atom stereocenters. The maximum atomic E-state index is 13.1. The van der Waals surface area contributed by atoms with Crippen molar-refractivity contribution in [3.05, 3.63) is 52.3 Å². The van der Waals surface area contributed by atoms with Crippen molar-refractivity contribution in [1.29, 1.82) is 0 Å². The summed E-state index contributed by atoms with van der Waals surface area (Å²) in [5, 5.41) is 17.7. The van der Waals surface area contributed by atoms with Crippen LogP contribution in [0.3, 0.4) is 0 Å². The van der Waals surface area contributed by atoms with Crippen LogP contribution in [0.25, 0.3) is 20.3 Å². The lowest BCUT2D eigenvalue weighted by Crippen LogP contribution is -2.51. The number of aromatic nitrogens is 1. The topological polar surface area (TPSA) is 156 Å². The Bertz CT molecular complexity index is 1400. The van der Waals surface area contributed by atoms with Crippen molar-refractivity contribution in [2.24, 2.45) is 11.5 Å². The second-order valence-corrected chi connectivity index (χ2v) is 12.6. The first-order chi connectivity index (χ1) is 20.6. The zero-order valence-electron chi connectivity index (χ0n) is 25.5. The van der Waals surface area contributed by atoms with Crippen molar-refractivity contribution < 1.29 is 9.90 Å². The number of benzene rings is 1. The van der Waals surface area contributed by atoms with Crippen LogP contribution in [0.2, 0.25) is 0 Å². The Labute approximate surface area is 257 Å². The zero-order valence-corrected chi connectivity index (χ0v) is 26.4. The molecule has 7 N–H and O–H groups in total. The highest BCUT2D eigenvalue weighted by Gasteiger charge is 2.20.